The van der Waals surface area contributed by atoms with E-state index < -0.39 is 0 Å². The zero-order valence-electron chi connectivity index (χ0n) is 11.7. The molecule has 0 radical (unpaired) electrons. The summed E-state index contributed by atoms with van der Waals surface area (Å²) in [7, 11) is 0. The molecule has 1 aliphatic rings. The molecule has 1 unspecified atom stereocenters. The standard InChI is InChI=1S/C16H22N2O/c1-12(2)14-8-9-18(11-14)16(19)7-6-13-4-3-5-15(17)10-13/h3-7,10,12,14H,8-9,11,17H2,1-2H3/b7-6+. The molecule has 1 aromatic rings. The predicted octanol–water partition coefficient (Wildman–Crippen LogP) is 2.79. The second kappa shape index (κ2) is 5.91. The van der Waals surface area contributed by atoms with Gasteiger partial charge in [0.2, 0.25) is 5.91 Å². The average molecular weight is 258 g/mol. The first-order valence-corrected chi connectivity index (χ1v) is 6.89. The summed E-state index contributed by atoms with van der Waals surface area (Å²) < 4.78 is 0. The van der Waals surface area contributed by atoms with Crippen LogP contribution in [0.5, 0.6) is 0 Å². The van der Waals surface area contributed by atoms with Gasteiger partial charge in [-0.3, -0.25) is 4.79 Å². The minimum atomic E-state index is 0.102. The number of carbonyl (C=O) groups excluding carboxylic acids is 1. The monoisotopic (exact) mass is 258 g/mol. The van der Waals surface area contributed by atoms with Crippen molar-refractivity contribution in [2.75, 3.05) is 18.8 Å². The minimum absolute atomic E-state index is 0.102. The third kappa shape index (κ3) is 3.60. The summed E-state index contributed by atoms with van der Waals surface area (Å²) in [5.41, 5.74) is 7.39. The average Bonchev–Trinajstić information content (AvgIpc) is 2.86. The van der Waals surface area contributed by atoms with Crippen molar-refractivity contribution >= 4 is 17.7 Å². The van der Waals surface area contributed by atoms with Crippen LogP contribution in [-0.4, -0.2) is 23.9 Å². The normalized spacial score (nSPS) is 19.5. The molecule has 1 atom stereocenters. The number of amides is 1. The lowest BCUT2D eigenvalue weighted by molar-refractivity contribution is -0.125. The number of rotatable bonds is 3. The van der Waals surface area contributed by atoms with Gasteiger partial charge in [0.1, 0.15) is 0 Å². The largest absolute Gasteiger partial charge is 0.399 e. The molecule has 1 fully saturated rings. The molecule has 2 rings (SSSR count). The van der Waals surface area contributed by atoms with E-state index in [1.807, 2.05) is 35.2 Å². The van der Waals surface area contributed by atoms with Crippen LogP contribution >= 0.6 is 0 Å². The summed E-state index contributed by atoms with van der Waals surface area (Å²) >= 11 is 0. The van der Waals surface area contributed by atoms with Gasteiger partial charge in [-0.1, -0.05) is 26.0 Å². The van der Waals surface area contributed by atoms with Gasteiger partial charge in [0.15, 0.2) is 0 Å². The first-order chi connectivity index (χ1) is 9.06. The molecule has 0 aliphatic carbocycles. The molecule has 1 heterocycles. The van der Waals surface area contributed by atoms with Crippen LogP contribution in [0.2, 0.25) is 0 Å². The molecular weight excluding hydrogens is 236 g/mol. The van der Waals surface area contributed by atoms with Gasteiger partial charge in [-0.05, 0) is 42.0 Å². The van der Waals surface area contributed by atoms with Crippen molar-refractivity contribution in [1.29, 1.82) is 0 Å². The molecular formula is C16H22N2O. The van der Waals surface area contributed by atoms with Gasteiger partial charge >= 0.3 is 0 Å². The van der Waals surface area contributed by atoms with Crippen molar-refractivity contribution < 1.29 is 4.79 Å². The molecule has 1 aromatic carbocycles. The Labute approximate surface area is 115 Å². The van der Waals surface area contributed by atoms with E-state index in [4.69, 9.17) is 5.73 Å². The van der Waals surface area contributed by atoms with E-state index in [0.717, 1.165) is 30.8 Å². The summed E-state index contributed by atoms with van der Waals surface area (Å²) in [5.74, 6) is 1.39. The second-order valence-electron chi connectivity index (χ2n) is 5.58. The van der Waals surface area contributed by atoms with Crippen LogP contribution in [0.1, 0.15) is 25.8 Å². The van der Waals surface area contributed by atoms with Crippen LogP contribution in [0.3, 0.4) is 0 Å². The molecule has 3 nitrogen and oxygen atoms in total. The molecule has 0 bridgehead atoms. The lowest BCUT2D eigenvalue weighted by Gasteiger charge is -2.16. The van der Waals surface area contributed by atoms with Crippen LogP contribution in [0.25, 0.3) is 6.08 Å². The maximum Gasteiger partial charge on any atom is 0.246 e. The summed E-state index contributed by atoms with van der Waals surface area (Å²) in [6.07, 6.45) is 4.61. The van der Waals surface area contributed by atoms with Gasteiger partial charge in [-0.2, -0.15) is 0 Å². The van der Waals surface area contributed by atoms with Gasteiger partial charge in [-0.15, -0.1) is 0 Å². The lowest BCUT2D eigenvalue weighted by atomic mass is 9.95. The van der Waals surface area contributed by atoms with Crippen LogP contribution < -0.4 is 5.73 Å². The molecule has 0 aromatic heterocycles. The fourth-order valence-corrected chi connectivity index (χ4v) is 2.47. The maximum absolute atomic E-state index is 12.1. The molecule has 1 saturated heterocycles. The first-order valence-electron chi connectivity index (χ1n) is 6.89. The third-order valence-corrected chi connectivity index (χ3v) is 3.81. The van der Waals surface area contributed by atoms with Gasteiger partial charge in [0.05, 0.1) is 0 Å². The minimum Gasteiger partial charge on any atom is -0.399 e. The molecule has 1 amide bonds. The number of nitrogens with two attached hydrogens (primary N) is 1. The number of likely N-dealkylation sites (tertiary alicyclic amines) is 1. The molecule has 1 aliphatic heterocycles. The number of benzene rings is 1. The van der Waals surface area contributed by atoms with Crippen molar-refractivity contribution in [1.82, 2.24) is 4.90 Å². The van der Waals surface area contributed by atoms with E-state index in [0.29, 0.717) is 11.8 Å². The molecule has 102 valence electrons. The van der Waals surface area contributed by atoms with Crippen LogP contribution in [0, 0.1) is 11.8 Å². The number of nitrogen functional groups attached to an aromatic ring is 1. The van der Waals surface area contributed by atoms with Gasteiger partial charge in [-0.25, -0.2) is 0 Å². The van der Waals surface area contributed by atoms with E-state index in [1.165, 1.54) is 0 Å². The second-order valence-corrected chi connectivity index (χ2v) is 5.58. The Bertz CT molecular complexity index is 479. The van der Waals surface area contributed by atoms with Crippen molar-refractivity contribution in [3.05, 3.63) is 35.9 Å². The zero-order valence-corrected chi connectivity index (χ0v) is 11.7. The Morgan fingerprint density at radius 3 is 2.89 bits per heavy atom. The SMILES string of the molecule is CC(C)C1CCN(C(=O)/C=C/c2cccc(N)c2)C1. The number of hydrogen-bond acceptors (Lipinski definition) is 2. The molecule has 2 N–H and O–H groups in total. The Balaban J connectivity index is 1.95. The topological polar surface area (TPSA) is 46.3 Å². The highest BCUT2D eigenvalue weighted by Crippen LogP contribution is 2.23. The molecule has 19 heavy (non-hydrogen) atoms. The summed E-state index contributed by atoms with van der Waals surface area (Å²) in [5, 5.41) is 0. The smallest absolute Gasteiger partial charge is 0.246 e. The Morgan fingerprint density at radius 1 is 1.47 bits per heavy atom. The van der Waals surface area contributed by atoms with Crippen molar-refractivity contribution in [2.24, 2.45) is 11.8 Å². The first kappa shape index (κ1) is 13.7. The lowest BCUT2D eigenvalue weighted by Crippen LogP contribution is -2.27. The number of carbonyl (C=O) groups is 1. The maximum atomic E-state index is 12.1. The van der Waals surface area contributed by atoms with Crippen LogP contribution in [0.4, 0.5) is 5.69 Å². The Morgan fingerprint density at radius 2 is 2.26 bits per heavy atom. The molecule has 0 saturated carbocycles. The highest BCUT2D eigenvalue weighted by molar-refractivity contribution is 5.92. The zero-order chi connectivity index (χ0) is 13.8. The molecule has 0 spiro atoms. The summed E-state index contributed by atoms with van der Waals surface area (Å²) in [4.78, 5) is 14.0. The van der Waals surface area contributed by atoms with Gasteiger partial charge < -0.3 is 10.6 Å². The summed E-state index contributed by atoms with van der Waals surface area (Å²) in [6.45, 7) is 6.21. The van der Waals surface area contributed by atoms with Gasteiger partial charge in [0.25, 0.3) is 0 Å². The highest BCUT2D eigenvalue weighted by Gasteiger charge is 2.26. The number of nitrogens with zero attached hydrogens (tertiary/aromatic N) is 1. The highest BCUT2D eigenvalue weighted by atomic mass is 16.2. The predicted molar refractivity (Wildman–Crippen MR) is 79.4 cm³/mol. The third-order valence-electron chi connectivity index (χ3n) is 3.81. The summed E-state index contributed by atoms with van der Waals surface area (Å²) in [6, 6.07) is 7.54. The Kier molecular flexibility index (Phi) is 4.25. The fraction of sp³-hybridized carbons (Fsp3) is 0.438. The van der Waals surface area contributed by atoms with E-state index >= 15 is 0 Å². The van der Waals surface area contributed by atoms with Crippen molar-refractivity contribution in [2.45, 2.75) is 20.3 Å². The van der Waals surface area contributed by atoms with Crippen LogP contribution in [0.15, 0.2) is 30.3 Å². The van der Waals surface area contributed by atoms with Gasteiger partial charge in [0, 0.05) is 24.9 Å². The quantitative estimate of drug-likeness (QED) is 0.669. The van der Waals surface area contributed by atoms with E-state index in [2.05, 4.69) is 13.8 Å². The number of hydrogen-bond donors (Lipinski definition) is 1. The molecule has 3 heteroatoms. The fourth-order valence-electron chi connectivity index (χ4n) is 2.47. The van der Waals surface area contributed by atoms with E-state index in [-0.39, 0.29) is 5.91 Å². The van der Waals surface area contributed by atoms with E-state index in [9.17, 15) is 4.79 Å². The van der Waals surface area contributed by atoms with E-state index in [1.54, 1.807) is 6.08 Å². The van der Waals surface area contributed by atoms with Crippen LogP contribution in [-0.2, 0) is 4.79 Å². The van der Waals surface area contributed by atoms with Crippen molar-refractivity contribution in [3.8, 4) is 0 Å². The Hall–Kier alpha value is -1.77. The number of anilines is 1. The van der Waals surface area contributed by atoms with Crippen molar-refractivity contribution in [3.63, 3.8) is 0 Å².